The van der Waals surface area contributed by atoms with Crippen molar-refractivity contribution in [2.24, 2.45) is 0 Å². The Morgan fingerprint density at radius 2 is 1.43 bits per heavy atom. The van der Waals surface area contributed by atoms with E-state index in [1.54, 1.807) is 0 Å². The fourth-order valence-corrected chi connectivity index (χ4v) is 3.39. The lowest BCUT2D eigenvalue weighted by Gasteiger charge is -2.10. The molecule has 0 unspecified atom stereocenters. The van der Waals surface area contributed by atoms with Crippen LogP contribution in [-0.4, -0.2) is 15.5 Å². The first kappa shape index (κ1) is 18.0. The van der Waals surface area contributed by atoms with Gasteiger partial charge in [0, 0.05) is 13.0 Å². The van der Waals surface area contributed by atoms with Gasteiger partial charge in [0.15, 0.2) is 0 Å². The highest BCUT2D eigenvalue weighted by molar-refractivity contribution is 5.81. The van der Waals surface area contributed by atoms with Gasteiger partial charge in [-0.25, -0.2) is 4.98 Å². The number of aryl methyl sites for hydroxylation is 2. The number of nitrogens with zero attached hydrogens (tertiary/aromatic N) is 2. The molecular weight excluding hydrogens is 346 g/mol. The van der Waals surface area contributed by atoms with Crippen LogP contribution in [0.2, 0.25) is 0 Å². The van der Waals surface area contributed by atoms with Crippen LogP contribution in [0.3, 0.4) is 0 Å². The summed E-state index contributed by atoms with van der Waals surface area (Å²) in [6.07, 6.45) is 1.69. The van der Waals surface area contributed by atoms with Crippen LogP contribution < -0.4 is 5.32 Å². The molecule has 0 bridgehead atoms. The standard InChI is InChI=1S/C24H23N3O/c28-24(25-17-20-11-5-2-6-12-20)18-27-22-14-8-7-13-21(22)26-23(27)16-15-19-9-3-1-4-10-19/h1-14H,15-18H2,(H,25,28). The smallest absolute Gasteiger partial charge is 0.240 e. The van der Waals surface area contributed by atoms with Gasteiger partial charge in [0.2, 0.25) is 5.91 Å². The van der Waals surface area contributed by atoms with Crippen LogP contribution >= 0.6 is 0 Å². The molecule has 4 nitrogen and oxygen atoms in total. The van der Waals surface area contributed by atoms with Crippen molar-refractivity contribution in [3.8, 4) is 0 Å². The maximum atomic E-state index is 12.6. The van der Waals surface area contributed by atoms with Crippen molar-refractivity contribution >= 4 is 16.9 Å². The highest BCUT2D eigenvalue weighted by Gasteiger charge is 2.13. The van der Waals surface area contributed by atoms with Crippen molar-refractivity contribution in [2.45, 2.75) is 25.9 Å². The maximum Gasteiger partial charge on any atom is 0.240 e. The average molecular weight is 369 g/mol. The molecule has 0 aliphatic heterocycles. The summed E-state index contributed by atoms with van der Waals surface area (Å²) in [5, 5.41) is 3.02. The molecule has 140 valence electrons. The van der Waals surface area contributed by atoms with Crippen LogP contribution in [0.25, 0.3) is 11.0 Å². The van der Waals surface area contributed by atoms with E-state index in [1.807, 2.05) is 65.2 Å². The number of fused-ring (bicyclic) bond motifs is 1. The molecule has 0 radical (unpaired) electrons. The van der Waals surface area contributed by atoms with Crippen molar-refractivity contribution in [1.29, 1.82) is 0 Å². The third-order valence-electron chi connectivity index (χ3n) is 4.85. The van der Waals surface area contributed by atoms with Gasteiger partial charge in [0.05, 0.1) is 11.0 Å². The number of amides is 1. The van der Waals surface area contributed by atoms with Gasteiger partial charge in [0.25, 0.3) is 0 Å². The van der Waals surface area contributed by atoms with E-state index < -0.39 is 0 Å². The molecule has 0 saturated heterocycles. The fourth-order valence-electron chi connectivity index (χ4n) is 3.39. The van der Waals surface area contributed by atoms with Crippen LogP contribution in [0.15, 0.2) is 84.9 Å². The van der Waals surface area contributed by atoms with Crippen molar-refractivity contribution in [3.05, 3.63) is 102 Å². The molecule has 4 heteroatoms. The number of carbonyl (C=O) groups is 1. The van der Waals surface area contributed by atoms with E-state index in [1.165, 1.54) is 5.56 Å². The number of aromatic nitrogens is 2. The van der Waals surface area contributed by atoms with Crippen LogP contribution in [0.1, 0.15) is 17.0 Å². The Morgan fingerprint density at radius 1 is 0.786 bits per heavy atom. The zero-order chi connectivity index (χ0) is 19.2. The maximum absolute atomic E-state index is 12.6. The monoisotopic (exact) mass is 369 g/mol. The summed E-state index contributed by atoms with van der Waals surface area (Å²) in [6, 6.07) is 28.3. The summed E-state index contributed by atoms with van der Waals surface area (Å²) < 4.78 is 2.04. The third-order valence-corrected chi connectivity index (χ3v) is 4.85. The molecule has 0 saturated carbocycles. The molecule has 0 atom stereocenters. The summed E-state index contributed by atoms with van der Waals surface area (Å²) in [4.78, 5) is 17.4. The topological polar surface area (TPSA) is 46.9 Å². The van der Waals surface area contributed by atoms with Crippen LogP contribution in [0, 0.1) is 0 Å². The predicted molar refractivity (Wildman–Crippen MR) is 112 cm³/mol. The molecule has 0 aliphatic carbocycles. The van der Waals surface area contributed by atoms with Gasteiger partial charge in [-0.2, -0.15) is 0 Å². The second kappa shape index (κ2) is 8.53. The van der Waals surface area contributed by atoms with E-state index in [9.17, 15) is 4.79 Å². The Labute approximate surface area is 164 Å². The van der Waals surface area contributed by atoms with Gasteiger partial charge in [-0.1, -0.05) is 72.8 Å². The van der Waals surface area contributed by atoms with E-state index in [-0.39, 0.29) is 12.5 Å². The van der Waals surface area contributed by atoms with E-state index in [0.717, 1.165) is 35.3 Å². The second-order valence-electron chi connectivity index (χ2n) is 6.85. The molecule has 4 aromatic rings. The minimum absolute atomic E-state index is 0.00651. The first-order valence-electron chi connectivity index (χ1n) is 9.58. The van der Waals surface area contributed by atoms with Crippen LogP contribution in [0.4, 0.5) is 0 Å². The van der Waals surface area contributed by atoms with Gasteiger partial charge < -0.3 is 9.88 Å². The van der Waals surface area contributed by atoms with Crippen molar-refractivity contribution in [1.82, 2.24) is 14.9 Å². The lowest BCUT2D eigenvalue weighted by Crippen LogP contribution is -2.27. The number of para-hydroxylation sites is 2. The molecule has 0 fully saturated rings. The number of benzene rings is 3. The SMILES string of the molecule is O=C(Cn1c(CCc2ccccc2)nc2ccccc21)NCc1ccccc1. The summed E-state index contributed by atoms with van der Waals surface area (Å²) in [6.45, 7) is 0.809. The quantitative estimate of drug-likeness (QED) is 0.532. The Balaban J connectivity index is 1.50. The van der Waals surface area contributed by atoms with Crippen LogP contribution in [0.5, 0.6) is 0 Å². The summed E-state index contributed by atoms with van der Waals surface area (Å²) in [7, 11) is 0. The van der Waals surface area contributed by atoms with E-state index in [0.29, 0.717) is 6.54 Å². The Kier molecular flexibility index (Phi) is 5.48. The average Bonchev–Trinajstić information content (AvgIpc) is 3.10. The summed E-state index contributed by atoms with van der Waals surface area (Å²) in [5.74, 6) is 0.938. The first-order valence-corrected chi connectivity index (χ1v) is 9.58. The predicted octanol–water partition coefficient (Wildman–Crippen LogP) is 4.14. The molecule has 0 spiro atoms. The molecule has 1 aromatic heterocycles. The molecule has 1 heterocycles. The zero-order valence-corrected chi connectivity index (χ0v) is 15.7. The van der Waals surface area contributed by atoms with Gasteiger partial charge in [-0.3, -0.25) is 4.79 Å². The molecule has 1 N–H and O–H groups in total. The van der Waals surface area contributed by atoms with Gasteiger partial charge in [-0.15, -0.1) is 0 Å². The number of nitrogens with one attached hydrogen (secondary N) is 1. The third kappa shape index (κ3) is 4.29. The molecule has 0 aliphatic rings. The number of hydrogen-bond donors (Lipinski definition) is 1. The zero-order valence-electron chi connectivity index (χ0n) is 15.7. The number of hydrogen-bond acceptors (Lipinski definition) is 2. The van der Waals surface area contributed by atoms with Gasteiger partial charge in [0.1, 0.15) is 12.4 Å². The van der Waals surface area contributed by atoms with Crippen molar-refractivity contribution in [2.75, 3.05) is 0 Å². The molecule has 4 rings (SSSR count). The van der Waals surface area contributed by atoms with Crippen molar-refractivity contribution < 1.29 is 4.79 Å². The van der Waals surface area contributed by atoms with E-state index >= 15 is 0 Å². The number of imidazole rings is 1. The molecule has 3 aromatic carbocycles. The lowest BCUT2D eigenvalue weighted by atomic mass is 10.1. The van der Waals surface area contributed by atoms with E-state index in [2.05, 4.69) is 29.6 Å². The van der Waals surface area contributed by atoms with Crippen LogP contribution in [-0.2, 0) is 30.7 Å². The minimum atomic E-state index is -0.00651. The highest BCUT2D eigenvalue weighted by atomic mass is 16.1. The van der Waals surface area contributed by atoms with Gasteiger partial charge >= 0.3 is 0 Å². The minimum Gasteiger partial charge on any atom is -0.350 e. The van der Waals surface area contributed by atoms with E-state index in [4.69, 9.17) is 4.98 Å². The second-order valence-corrected chi connectivity index (χ2v) is 6.85. The first-order chi connectivity index (χ1) is 13.8. The summed E-state index contributed by atoms with van der Waals surface area (Å²) >= 11 is 0. The Bertz CT molecular complexity index is 1060. The Morgan fingerprint density at radius 3 is 2.18 bits per heavy atom. The van der Waals surface area contributed by atoms with Gasteiger partial charge in [-0.05, 0) is 29.7 Å². The largest absolute Gasteiger partial charge is 0.350 e. The highest BCUT2D eigenvalue weighted by Crippen LogP contribution is 2.17. The normalized spacial score (nSPS) is 10.9. The molecule has 28 heavy (non-hydrogen) atoms. The lowest BCUT2D eigenvalue weighted by molar-refractivity contribution is -0.121. The number of rotatable bonds is 7. The molecular formula is C24H23N3O. The molecule has 1 amide bonds. The number of carbonyl (C=O) groups excluding carboxylic acids is 1. The fraction of sp³-hybridized carbons (Fsp3) is 0.167. The Hall–Kier alpha value is -3.40. The summed E-state index contributed by atoms with van der Waals surface area (Å²) in [5.41, 5.74) is 4.30. The van der Waals surface area contributed by atoms with Crippen molar-refractivity contribution in [3.63, 3.8) is 0 Å².